The molecule has 1 aliphatic carbocycles. The van der Waals surface area contributed by atoms with Crippen molar-refractivity contribution in [3.05, 3.63) is 29.8 Å². The van der Waals surface area contributed by atoms with E-state index in [-0.39, 0.29) is 23.9 Å². The Labute approximate surface area is 175 Å². The average molecular weight is 416 g/mol. The first-order valence-electron chi connectivity index (χ1n) is 10.2. The first-order valence-corrected chi connectivity index (χ1v) is 11.0. The van der Waals surface area contributed by atoms with E-state index >= 15 is 0 Å². The van der Waals surface area contributed by atoms with Crippen LogP contribution in [-0.4, -0.2) is 34.2 Å². The number of carbonyl (C=O) groups is 2. The molecular weight excluding hydrogens is 386 g/mol. The molecule has 0 saturated heterocycles. The molecule has 3 N–H and O–H groups in total. The van der Waals surface area contributed by atoms with Gasteiger partial charge in [-0.1, -0.05) is 74.3 Å². The van der Waals surface area contributed by atoms with Crippen LogP contribution >= 0.6 is 11.3 Å². The number of urea groups is 1. The summed E-state index contributed by atoms with van der Waals surface area (Å²) in [7, 11) is 0. The van der Waals surface area contributed by atoms with Crippen LogP contribution in [0.2, 0.25) is 0 Å². The maximum atomic E-state index is 12.8. The number of hydrogen-bond donors (Lipinski definition) is 3. The van der Waals surface area contributed by atoms with E-state index in [0.717, 1.165) is 36.3 Å². The lowest BCUT2D eigenvalue weighted by molar-refractivity contribution is -0.118. The van der Waals surface area contributed by atoms with Crippen LogP contribution in [0.25, 0.3) is 10.6 Å². The maximum Gasteiger partial charge on any atom is 0.315 e. The van der Waals surface area contributed by atoms with E-state index in [9.17, 15) is 9.59 Å². The van der Waals surface area contributed by atoms with Crippen molar-refractivity contribution >= 4 is 28.4 Å². The molecule has 1 fully saturated rings. The van der Waals surface area contributed by atoms with Crippen molar-refractivity contribution in [1.82, 2.24) is 20.8 Å². The Morgan fingerprint density at radius 1 is 1.07 bits per heavy atom. The predicted octanol–water partition coefficient (Wildman–Crippen LogP) is 4.11. The van der Waals surface area contributed by atoms with Gasteiger partial charge >= 0.3 is 6.03 Å². The summed E-state index contributed by atoms with van der Waals surface area (Å²) in [6.45, 7) is 5.84. The molecular formula is C21H29N5O2S. The lowest BCUT2D eigenvalue weighted by atomic mass is 9.96. The molecule has 0 spiro atoms. The minimum absolute atomic E-state index is 0.0587. The molecule has 29 heavy (non-hydrogen) atoms. The molecule has 3 amide bonds. The third kappa shape index (κ3) is 6.00. The third-order valence-electron chi connectivity index (χ3n) is 5.13. The number of hydrogen-bond acceptors (Lipinski definition) is 5. The van der Waals surface area contributed by atoms with E-state index in [1.165, 1.54) is 23.3 Å². The minimum atomic E-state index is -0.648. The van der Waals surface area contributed by atoms with Gasteiger partial charge in [-0.2, -0.15) is 0 Å². The van der Waals surface area contributed by atoms with E-state index in [1.807, 2.05) is 45.0 Å². The molecule has 1 aromatic carbocycles. The molecule has 0 radical (unpaired) electrons. The fourth-order valence-corrected chi connectivity index (χ4v) is 4.17. The molecule has 0 unspecified atom stereocenters. The fourth-order valence-electron chi connectivity index (χ4n) is 3.42. The second-order valence-electron chi connectivity index (χ2n) is 7.94. The predicted molar refractivity (Wildman–Crippen MR) is 116 cm³/mol. The van der Waals surface area contributed by atoms with E-state index in [4.69, 9.17) is 0 Å². The second kappa shape index (κ2) is 9.82. The van der Waals surface area contributed by atoms with Gasteiger partial charge in [-0.05, 0) is 25.7 Å². The molecule has 1 aliphatic rings. The zero-order valence-corrected chi connectivity index (χ0v) is 18.0. The van der Waals surface area contributed by atoms with Gasteiger partial charge in [0.15, 0.2) is 0 Å². The highest BCUT2D eigenvalue weighted by atomic mass is 32.1. The summed E-state index contributed by atoms with van der Waals surface area (Å²) >= 11 is 1.31. The first kappa shape index (κ1) is 21.2. The van der Waals surface area contributed by atoms with Gasteiger partial charge < -0.3 is 10.6 Å². The molecule has 1 atom stereocenters. The SMILES string of the molecule is Cc1ccc(-c2nnc(NC(=O)[C@@H](NC(=O)NC3CCCCC3)C(C)C)s2)cc1. The van der Waals surface area contributed by atoms with Crippen LogP contribution in [0, 0.1) is 12.8 Å². The summed E-state index contributed by atoms with van der Waals surface area (Å²) in [5.41, 5.74) is 2.13. The number of carbonyl (C=O) groups excluding carboxylic acids is 2. The van der Waals surface area contributed by atoms with E-state index < -0.39 is 6.04 Å². The molecule has 7 nitrogen and oxygen atoms in total. The lowest BCUT2D eigenvalue weighted by Gasteiger charge is -2.26. The van der Waals surface area contributed by atoms with Crippen molar-refractivity contribution < 1.29 is 9.59 Å². The molecule has 2 aromatic rings. The zero-order chi connectivity index (χ0) is 20.8. The van der Waals surface area contributed by atoms with Gasteiger partial charge in [-0.25, -0.2) is 4.79 Å². The lowest BCUT2D eigenvalue weighted by Crippen LogP contribution is -2.52. The number of amides is 3. The van der Waals surface area contributed by atoms with Gasteiger partial charge in [0.05, 0.1) is 0 Å². The van der Waals surface area contributed by atoms with Crippen molar-refractivity contribution in [2.24, 2.45) is 5.92 Å². The molecule has 1 saturated carbocycles. The molecule has 3 rings (SSSR count). The van der Waals surface area contributed by atoms with E-state index in [2.05, 4.69) is 26.1 Å². The number of nitrogens with zero attached hydrogens (tertiary/aromatic N) is 2. The highest BCUT2D eigenvalue weighted by Gasteiger charge is 2.26. The number of aryl methyl sites for hydroxylation is 1. The van der Waals surface area contributed by atoms with Crippen LogP contribution in [0.4, 0.5) is 9.93 Å². The van der Waals surface area contributed by atoms with Gasteiger partial charge in [-0.3, -0.25) is 10.1 Å². The summed E-state index contributed by atoms with van der Waals surface area (Å²) in [6, 6.07) is 7.25. The van der Waals surface area contributed by atoms with E-state index in [0.29, 0.717) is 5.13 Å². The number of aromatic nitrogens is 2. The zero-order valence-electron chi connectivity index (χ0n) is 17.2. The number of benzene rings is 1. The molecule has 0 bridgehead atoms. The number of rotatable bonds is 6. The average Bonchev–Trinajstić information content (AvgIpc) is 3.15. The van der Waals surface area contributed by atoms with Gasteiger partial charge in [0.2, 0.25) is 11.0 Å². The molecule has 1 aromatic heterocycles. The fraction of sp³-hybridized carbons (Fsp3) is 0.524. The summed E-state index contributed by atoms with van der Waals surface area (Å²) < 4.78 is 0. The molecule has 0 aliphatic heterocycles. The molecule has 156 valence electrons. The minimum Gasteiger partial charge on any atom is -0.335 e. The Kier molecular flexibility index (Phi) is 7.19. The van der Waals surface area contributed by atoms with Crippen LogP contribution in [0.1, 0.15) is 51.5 Å². The first-order chi connectivity index (χ1) is 13.9. The van der Waals surface area contributed by atoms with Crippen LogP contribution in [-0.2, 0) is 4.79 Å². The summed E-state index contributed by atoms with van der Waals surface area (Å²) in [4.78, 5) is 25.1. The molecule has 1 heterocycles. The van der Waals surface area contributed by atoms with Gasteiger partial charge in [0.1, 0.15) is 11.0 Å². The van der Waals surface area contributed by atoms with Crippen molar-refractivity contribution in [3.63, 3.8) is 0 Å². The smallest absolute Gasteiger partial charge is 0.315 e. The van der Waals surface area contributed by atoms with Crippen molar-refractivity contribution in [3.8, 4) is 10.6 Å². The quantitative estimate of drug-likeness (QED) is 0.661. The van der Waals surface area contributed by atoms with Gasteiger partial charge in [-0.15, -0.1) is 10.2 Å². The van der Waals surface area contributed by atoms with Crippen LogP contribution in [0.15, 0.2) is 24.3 Å². The second-order valence-corrected chi connectivity index (χ2v) is 8.92. The highest BCUT2D eigenvalue weighted by Crippen LogP contribution is 2.26. The van der Waals surface area contributed by atoms with Gasteiger partial charge in [0.25, 0.3) is 0 Å². The summed E-state index contributed by atoms with van der Waals surface area (Å²) in [5.74, 6) is -0.345. The van der Waals surface area contributed by atoms with Crippen LogP contribution in [0.5, 0.6) is 0 Å². The summed E-state index contributed by atoms with van der Waals surface area (Å²) in [5, 5.41) is 18.0. The number of nitrogens with one attached hydrogen (secondary N) is 3. The normalized spacial score (nSPS) is 15.7. The van der Waals surface area contributed by atoms with Crippen molar-refractivity contribution in [2.75, 3.05) is 5.32 Å². The topological polar surface area (TPSA) is 96.0 Å². The Hall–Kier alpha value is -2.48. The van der Waals surface area contributed by atoms with Crippen LogP contribution < -0.4 is 16.0 Å². The Balaban J connectivity index is 1.59. The Morgan fingerprint density at radius 3 is 2.41 bits per heavy atom. The maximum absolute atomic E-state index is 12.8. The largest absolute Gasteiger partial charge is 0.335 e. The summed E-state index contributed by atoms with van der Waals surface area (Å²) in [6.07, 6.45) is 5.50. The van der Waals surface area contributed by atoms with E-state index in [1.54, 1.807) is 0 Å². The number of anilines is 1. The van der Waals surface area contributed by atoms with Crippen LogP contribution in [0.3, 0.4) is 0 Å². The monoisotopic (exact) mass is 415 g/mol. The molecule has 8 heteroatoms. The van der Waals surface area contributed by atoms with Crippen molar-refractivity contribution in [1.29, 1.82) is 0 Å². The van der Waals surface area contributed by atoms with Gasteiger partial charge in [0, 0.05) is 11.6 Å². The Bertz CT molecular complexity index is 828. The Morgan fingerprint density at radius 2 is 1.76 bits per heavy atom. The highest BCUT2D eigenvalue weighted by molar-refractivity contribution is 7.18. The standard InChI is InChI=1S/C21H29N5O2S/c1-13(2)17(23-20(28)22-16-7-5-4-6-8-16)18(27)24-21-26-25-19(29-21)15-11-9-14(3)10-12-15/h9-13,16-17H,4-8H2,1-3H3,(H2,22,23,28)(H,24,26,27)/t17-/m0/s1. The van der Waals surface area contributed by atoms with Crippen molar-refractivity contribution in [2.45, 2.75) is 65.0 Å². The third-order valence-corrected chi connectivity index (χ3v) is 6.02.